The lowest BCUT2D eigenvalue weighted by Gasteiger charge is -2.18. The lowest BCUT2D eigenvalue weighted by molar-refractivity contribution is -0.117. The predicted molar refractivity (Wildman–Crippen MR) is 118 cm³/mol. The number of ketones is 1. The molecule has 0 saturated heterocycles. The van der Waals surface area contributed by atoms with Crippen LogP contribution in [0.25, 0.3) is 21.5 Å². The maximum absolute atomic E-state index is 12.1. The minimum Gasteiger partial charge on any atom is -0.497 e. The van der Waals surface area contributed by atoms with Crippen LogP contribution in [0.2, 0.25) is 0 Å². The zero-order valence-corrected chi connectivity index (χ0v) is 16.9. The first kappa shape index (κ1) is 19.0. The molecule has 4 aromatic rings. The highest BCUT2D eigenvalue weighted by Crippen LogP contribution is 2.33. The number of hydrogen-bond donors (Lipinski definition) is 0. The van der Waals surface area contributed by atoms with E-state index >= 15 is 0 Å². The number of fused-ring (bicyclic) bond motifs is 2. The van der Waals surface area contributed by atoms with Crippen LogP contribution in [0.3, 0.4) is 0 Å². The molecule has 0 N–H and O–H groups in total. The topological polar surface area (TPSA) is 35.5 Å². The summed E-state index contributed by atoms with van der Waals surface area (Å²) in [6.07, 6.45) is 0.476. The fourth-order valence-corrected chi connectivity index (χ4v) is 3.89. The molecule has 0 fully saturated rings. The van der Waals surface area contributed by atoms with E-state index in [9.17, 15) is 4.79 Å². The van der Waals surface area contributed by atoms with Gasteiger partial charge in [-0.15, -0.1) is 0 Å². The molecule has 0 radical (unpaired) electrons. The number of methoxy groups -OCH3 is 2. The summed E-state index contributed by atoms with van der Waals surface area (Å²) in [5, 5.41) is 4.53. The Balaban J connectivity index is 1.78. The molecule has 3 nitrogen and oxygen atoms in total. The average Bonchev–Trinajstić information content (AvgIpc) is 2.75. The van der Waals surface area contributed by atoms with E-state index in [1.54, 1.807) is 21.1 Å². The van der Waals surface area contributed by atoms with Gasteiger partial charge in [0.2, 0.25) is 0 Å². The minimum atomic E-state index is 0.0190. The molecule has 0 aromatic heterocycles. The van der Waals surface area contributed by atoms with E-state index in [2.05, 4.69) is 48.5 Å². The van der Waals surface area contributed by atoms with Gasteiger partial charge in [0.15, 0.2) is 0 Å². The summed E-state index contributed by atoms with van der Waals surface area (Å²) >= 11 is 0. The zero-order chi connectivity index (χ0) is 20.4. The molecular formula is C26H24O3. The fourth-order valence-electron chi connectivity index (χ4n) is 3.89. The summed E-state index contributed by atoms with van der Waals surface area (Å²) in [6.45, 7) is 1.66. The number of ether oxygens (including phenoxy) is 2. The van der Waals surface area contributed by atoms with Crippen LogP contribution in [0.1, 0.15) is 30.4 Å². The van der Waals surface area contributed by atoms with Crippen LogP contribution in [0.5, 0.6) is 11.5 Å². The number of rotatable bonds is 6. The van der Waals surface area contributed by atoms with Crippen molar-refractivity contribution in [1.29, 1.82) is 0 Å². The molecule has 0 aliphatic heterocycles. The second-order valence-electron chi connectivity index (χ2n) is 7.40. The summed E-state index contributed by atoms with van der Waals surface area (Å²) in [4.78, 5) is 12.1. The Kier molecular flexibility index (Phi) is 5.22. The Hall–Kier alpha value is -3.33. The van der Waals surface area contributed by atoms with Crippen molar-refractivity contribution >= 4 is 27.3 Å². The zero-order valence-electron chi connectivity index (χ0n) is 16.9. The molecule has 0 saturated carbocycles. The van der Waals surface area contributed by atoms with Gasteiger partial charge >= 0.3 is 0 Å². The summed E-state index contributed by atoms with van der Waals surface area (Å²) in [7, 11) is 3.35. The van der Waals surface area contributed by atoms with E-state index in [4.69, 9.17) is 9.47 Å². The van der Waals surface area contributed by atoms with Gasteiger partial charge < -0.3 is 9.47 Å². The van der Waals surface area contributed by atoms with Crippen LogP contribution < -0.4 is 9.47 Å². The first-order valence-corrected chi connectivity index (χ1v) is 9.72. The van der Waals surface area contributed by atoms with Crippen molar-refractivity contribution in [1.82, 2.24) is 0 Å². The third-order valence-corrected chi connectivity index (χ3v) is 5.44. The lowest BCUT2D eigenvalue weighted by atomic mass is 9.85. The maximum atomic E-state index is 12.1. The Morgan fingerprint density at radius 2 is 1.10 bits per heavy atom. The van der Waals surface area contributed by atoms with Crippen LogP contribution in [-0.2, 0) is 4.79 Å². The first-order chi connectivity index (χ1) is 14.1. The number of carbonyl (C=O) groups excluding carboxylic acids is 1. The van der Waals surface area contributed by atoms with Gasteiger partial charge in [-0.1, -0.05) is 48.5 Å². The molecule has 0 bridgehead atoms. The van der Waals surface area contributed by atoms with Crippen molar-refractivity contribution in [2.75, 3.05) is 14.2 Å². The molecule has 0 atom stereocenters. The van der Waals surface area contributed by atoms with Gasteiger partial charge in [0.05, 0.1) is 14.2 Å². The average molecular weight is 384 g/mol. The molecule has 0 amide bonds. The molecule has 0 aliphatic rings. The molecule has 4 aromatic carbocycles. The third kappa shape index (κ3) is 3.95. The Morgan fingerprint density at radius 1 is 0.690 bits per heavy atom. The summed E-state index contributed by atoms with van der Waals surface area (Å²) < 4.78 is 10.7. The van der Waals surface area contributed by atoms with Gasteiger partial charge in [-0.3, -0.25) is 4.79 Å². The van der Waals surface area contributed by atoms with Crippen molar-refractivity contribution in [3.8, 4) is 11.5 Å². The Bertz CT molecular complexity index is 1110. The molecule has 4 rings (SSSR count). The highest BCUT2D eigenvalue weighted by molar-refractivity contribution is 5.87. The van der Waals surface area contributed by atoms with Crippen LogP contribution in [0, 0.1) is 0 Å². The minimum absolute atomic E-state index is 0.0190. The number of Topliss-reactive ketones (excluding diaryl/α,β-unsaturated/α-hetero) is 1. The first-order valence-electron chi connectivity index (χ1n) is 9.72. The summed E-state index contributed by atoms with van der Waals surface area (Å²) in [5.41, 5.74) is 2.29. The maximum Gasteiger partial charge on any atom is 0.130 e. The van der Waals surface area contributed by atoms with Gasteiger partial charge in [-0.25, -0.2) is 0 Å². The standard InChI is InChI=1S/C26H24O3/c1-17(27)12-26(22-6-4-20-15-24(28-2)10-8-18(20)13-22)23-7-5-21-16-25(29-3)11-9-19(21)14-23/h4-11,13-16,26H,12H2,1-3H3. The van der Waals surface area contributed by atoms with E-state index in [-0.39, 0.29) is 11.7 Å². The monoisotopic (exact) mass is 384 g/mol. The van der Waals surface area contributed by atoms with Crippen molar-refractivity contribution in [3.05, 3.63) is 83.9 Å². The van der Waals surface area contributed by atoms with Crippen LogP contribution in [-0.4, -0.2) is 20.0 Å². The van der Waals surface area contributed by atoms with Crippen LogP contribution >= 0.6 is 0 Å². The van der Waals surface area contributed by atoms with Crippen molar-refractivity contribution in [2.45, 2.75) is 19.3 Å². The van der Waals surface area contributed by atoms with E-state index < -0.39 is 0 Å². The third-order valence-electron chi connectivity index (χ3n) is 5.44. The van der Waals surface area contributed by atoms with Gasteiger partial charge in [0.25, 0.3) is 0 Å². The van der Waals surface area contributed by atoms with E-state index in [0.29, 0.717) is 6.42 Å². The van der Waals surface area contributed by atoms with Gasteiger partial charge in [0.1, 0.15) is 17.3 Å². The van der Waals surface area contributed by atoms with E-state index in [0.717, 1.165) is 44.2 Å². The highest BCUT2D eigenvalue weighted by atomic mass is 16.5. The Morgan fingerprint density at radius 3 is 1.52 bits per heavy atom. The van der Waals surface area contributed by atoms with Gasteiger partial charge in [-0.2, -0.15) is 0 Å². The molecule has 0 heterocycles. The summed E-state index contributed by atoms with van der Waals surface area (Å²) in [5.74, 6) is 1.89. The molecule has 0 aliphatic carbocycles. The fraction of sp³-hybridized carbons (Fsp3) is 0.192. The van der Waals surface area contributed by atoms with Crippen molar-refractivity contribution in [2.24, 2.45) is 0 Å². The molecule has 146 valence electrons. The summed E-state index contributed by atoms with van der Waals surface area (Å²) in [6, 6.07) is 24.9. The number of carbonyl (C=O) groups is 1. The molecule has 3 heteroatoms. The van der Waals surface area contributed by atoms with Crippen LogP contribution in [0.15, 0.2) is 72.8 Å². The van der Waals surface area contributed by atoms with Crippen molar-refractivity contribution in [3.63, 3.8) is 0 Å². The smallest absolute Gasteiger partial charge is 0.130 e. The van der Waals surface area contributed by atoms with E-state index in [1.165, 1.54) is 0 Å². The molecule has 29 heavy (non-hydrogen) atoms. The lowest BCUT2D eigenvalue weighted by Crippen LogP contribution is -2.06. The predicted octanol–water partition coefficient (Wildman–Crippen LogP) is 6.12. The Labute approximate surface area is 170 Å². The second kappa shape index (κ2) is 7.96. The highest BCUT2D eigenvalue weighted by Gasteiger charge is 2.17. The number of benzene rings is 4. The van der Waals surface area contributed by atoms with Crippen LogP contribution in [0.4, 0.5) is 0 Å². The molecule has 0 spiro atoms. The normalized spacial score (nSPS) is 11.2. The molecular weight excluding hydrogens is 360 g/mol. The largest absolute Gasteiger partial charge is 0.497 e. The van der Waals surface area contributed by atoms with Crippen molar-refractivity contribution < 1.29 is 14.3 Å². The van der Waals surface area contributed by atoms with Gasteiger partial charge in [0, 0.05) is 12.3 Å². The second-order valence-corrected chi connectivity index (χ2v) is 7.40. The SMILES string of the molecule is COc1ccc2cc(C(CC(C)=O)c3ccc4cc(OC)ccc4c3)ccc2c1. The van der Waals surface area contributed by atoms with Gasteiger partial charge in [-0.05, 0) is 63.9 Å². The molecule has 0 unspecified atom stereocenters. The quantitative estimate of drug-likeness (QED) is 0.402. The number of hydrogen-bond acceptors (Lipinski definition) is 3. The van der Waals surface area contributed by atoms with E-state index in [1.807, 2.05) is 24.3 Å².